The highest BCUT2D eigenvalue weighted by Gasteiger charge is 2.26. The summed E-state index contributed by atoms with van der Waals surface area (Å²) in [6.07, 6.45) is 3.15. The normalized spacial score (nSPS) is 15.3. The largest absolute Gasteiger partial charge is 0.481 e. The number of carbonyl (C=O) groups is 1. The molecule has 88 valence electrons. The first-order chi connectivity index (χ1) is 8.25. The molecule has 2 aromatic rings. The third kappa shape index (κ3) is 1.90. The zero-order valence-electron chi connectivity index (χ0n) is 9.44. The van der Waals surface area contributed by atoms with E-state index in [1.54, 1.807) is 0 Å². The molecule has 0 spiro atoms. The fraction of sp³-hybridized carbons (Fsp3) is 0.385. The van der Waals surface area contributed by atoms with E-state index in [4.69, 9.17) is 5.11 Å². The van der Waals surface area contributed by atoms with Crippen LogP contribution in [0.3, 0.4) is 0 Å². The van der Waals surface area contributed by atoms with Crippen molar-refractivity contribution in [3.8, 4) is 0 Å². The Morgan fingerprint density at radius 1 is 1.47 bits per heavy atom. The maximum absolute atomic E-state index is 10.6. The van der Waals surface area contributed by atoms with Gasteiger partial charge >= 0.3 is 5.97 Å². The number of hydrogen-bond acceptors (Lipinski definition) is 2. The van der Waals surface area contributed by atoms with E-state index in [9.17, 15) is 4.79 Å². The highest BCUT2D eigenvalue weighted by atomic mass is 16.4. The summed E-state index contributed by atoms with van der Waals surface area (Å²) in [5.74, 6) is -0.114. The van der Waals surface area contributed by atoms with Crippen molar-refractivity contribution in [1.29, 1.82) is 0 Å². The summed E-state index contributed by atoms with van der Waals surface area (Å²) in [7, 11) is 0. The number of carboxylic acid groups (broad SMARTS) is 1. The van der Waals surface area contributed by atoms with E-state index in [1.807, 2.05) is 12.1 Å². The van der Waals surface area contributed by atoms with Gasteiger partial charge in [-0.25, -0.2) is 0 Å². The fourth-order valence-electron chi connectivity index (χ4n) is 2.31. The van der Waals surface area contributed by atoms with Crippen molar-refractivity contribution < 1.29 is 9.90 Å². The molecule has 17 heavy (non-hydrogen) atoms. The van der Waals surface area contributed by atoms with Crippen molar-refractivity contribution in [3.63, 3.8) is 0 Å². The van der Waals surface area contributed by atoms with Crippen molar-refractivity contribution in [2.75, 3.05) is 0 Å². The molecule has 1 aliphatic carbocycles. The fourth-order valence-corrected chi connectivity index (χ4v) is 2.31. The Kier molecular flexibility index (Phi) is 2.35. The Balaban J connectivity index is 2.02. The zero-order valence-corrected chi connectivity index (χ0v) is 9.44. The molecule has 0 aliphatic heterocycles. The Hall–Kier alpha value is -1.84. The van der Waals surface area contributed by atoms with Crippen LogP contribution in [0.1, 0.15) is 36.4 Å². The van der Waals surface area contributed by atoms with E-state index < -0.39 is 5.97 Å². The van der Waals surface area contributed by atoms with Crippen molar-refractivity contribution in [2.24, 2.45) is 0 Å². The van der Waals surface area contributed by atoms with Gasteiger partial charge in [0.2, 0.25) is 0 Å². The number of rotatable bonds is 4. The Labute approximate surface area is 98.6 Å². The van der Waals surface area contributed by atoms with E-state index in [-0.39, 0.29) is 6.42 Å². The number of H-pyrrole nitrogens is 1. The maximum atomic E-state index is 10.6. The summed E-state index contributed by atoms with van der Waals surface area (Å²) in [4.78, 5) is 10.6. The van der Waals surface area contributed by atoms with Gasteiger partial charge in [-0.1, -0.05) is 12.1 Å². The SMILES string of the molecule is O=C(O)CCc1[nH]nc2cccc(C3CC3)c12. The molecular formula is C13H14N2O2. The lowest BCUT2D eigenvalue weighted by atomic mass is 10.0. The molecule has 0 unspecified atom stereocenters. The number of aliphatic carboxylic acids is 1. The summed E-state index contributed by atoms with van der Waals surface area (Å²) in [6.45, 7) is 0. The number of carboxylic acids is 1. The van der Waals surface area contributed by atoms with Crippen LogP contribution in [0.5, 0.6) is 0 Å². The minimum atomic E-state index is -0.767. The number of benzene rings is 1. The molecule has 0 amide bonds. The monoisotopic (exact) mass is 230 g/mol. The summed E-state index contributed by atoms with van der Waals surface area (Å²) in [6, 6.07) is 6.14. The highest BCUT2D eigenvalue weighted by Crippen LogP contribution is 2.43. The molecule has 0 saturated heterocycles. The van der Waals surface area contributed by atoms with Crippen molar-refractivity contribution in [3.05, 3.63) is 29.5 Å². The number of hydrogen-bond donors (Lipinski definition) is 2. The molecule has 4 heteroatoms. The Bertz CT molecular complexity index is 570. The van der Waals surface area contributed by atoms with Crippen molar-refractivity contribution >= 4 is 16.9 Å². The quantitative estimate of drug-likeness (QED) is 0.847. The predicted molar refractivity (Wildman–Crippen MR) is 64.0 cm³/mol. The lowest BCUT2D eigenvalue weighted by Gasteiger charge is -2.02. The molecule has 2 N–H and O–H groups in total. The summed E-state index contributed by atoms with van der Waals surface area (Å²) in [5, 5.41) is 17.1. The molecule has 4 nitrogen and oxygen atoms in total. The van der Waals surface area contributed by atoms with Crippen molar-refractivity contribution in [2.45, 2.75) is 31.6 Å². The Morgan fingerprint density at radius 3 is 3.00 bits per heavy atom. The van der Waals surface area contributed by atoms with Crippen LogP contribution >= 0.6 is 0 Å². The highest BCUT2D eigenvalue weighted by molar-refractivity contribution is 5.86. The van der Waals surface area contributed by atoms with Gasteiger partial charge in [-0.15, -0.1) is 0 Å². The smallest absolute Gasteiger partial charge is 0.303 e. The van der Waals surface area contributed by atoms with Gasteiger partial charge < -0.3 is 5.11 Å². The number of nitrogens with one attached hydrogen (secondary N) is 1. The second-order valence-electron chi connectivity index (χ2n) is 4.61. The number of nitrogens with zero attached hydrogens (tertiary/aromatic N) is 1. The molecular weight excluding hydrogens is 216 g/mol. The van der Waals surface area contributed by atoms with Crippen LogP contribution in [0.15, 0.2) is 18.2 Å². The van der Waals surface area contributed by atoms with E-state index in [2.05, 4.69) is 16.3 Å². The third-order valence-corrected chi connectivity index (χ3v) is 3.29. The predicted octanol–water partition coefficient (Wildman–Crippen LogP) is 2.46. The van der Waals surface area contributed by atoms with E-state index in [0.29, 0.717) is 12.3 Å². The van der Waals surface area contributed by atoms with E-state index in [1.165, 1.54) is 18.4 Å². The summed E-state index contributed by atoms with van der Waals surface area (Å²) in [5.41, 5.74) is 3.25. The van der Waals surface area contributed by atoms with Gasteiger partial charge in [-0.3, -0.25) is 9.89 Å². The molecule has 1 saturated carbocycles. The first-order valence-electron chi connectivity index (χ1n) is 5.93. The second kappa shape index (κ2) is 3.87. The van der Waals surface area contributed by atoms with Gasteiger partial charge in [0.05, 0.1) is 11.9 Å². The zero-order chi connectivity index (χ0) is 11.8. The molecule has 0 bridgehead atoms. The first kappa shape index (κ1) is 10.3. The van der Waals surface area contributed by atoms with Crippen LogP contribution < -0.4 is 0 Å². The van der Waals surface area contributed by atoms with Gasteiger partial charge in [0.15, 0.2) is 0 Å². The second-order valence-corrected chi connectivity index (χ2v) is 4.61. The lowest BCUT2D eigenvalue weighted by molar-refractivity contribution is -0.136. The summed E-state index contributed by atoms with van der Waals surface area (Å²) >= 11 is 0. The molecule has 0 atom stereocenters. The third-order valence-electron chi connectivity index (χ3n) is 3.29. The minimum Gasteiger partial charge on any atom is -0.481 e. The average Bonchev–Trinajstić information content (AvgIpc) is 3.07. The van der Waals surface area contributed by atoms with Gasteiger partial charge in [0.1, 0.15) is 0 Å². The van der Waals surface area contributed by atoms with Crippen LogP contribution in [0.2, 0.25) is 0 Å². The van der Waals surface area contributed by atoms with Crippen molar-refractivity contribution in [1.82, 2.24) is 10.2 Å². The van der Waals surface area contributed by atoms with E-state index in [0.717, 1.165) is 16.6 Å². The van der Waals surface area contributed by atoms with E-state index >= 15 is 0 Å². The minimum absolute atomic E-state index is 0.149. The standard InChI is InChI=1S/C13H14N2O2/c16-12(17)7-6-11-13-9(8-4-5-8)2-1-3-10(13)14-15-11/h1-3,8H,4-7H2,(H,14,15)(H,16,17). The van der Waals surface area contributed by atoms with Crippen LogP contribution in [0.4, 0.5) is 0 Å². The number of aryl methyl sites for hydroxylation is 1. The molecule has 1 aromatic carbocycles. The van der Waals surface area contributed by atoms with Gasteiger partial charge in [-0.2, -0.15) is 5.10 Å². The Morgan fingerprint density at radius 2 is 2.29 bits per heavy atom. The first-order valence-corrected chi connectivity index (χ1v) is 5.93. The molecule has 1 fully saturated rings. The lowest BCUT2D eigenvalue weighted by Crippen LogP contribution is -1.98. The molecule has 1 aliphatic rings. The molecule has 3 rings (SSSR count). The number of fused-ring (bicyclic) bond motifs is 1. The topological polar surface area (TPSA) is 66.0 Å². The van der Waals surface area contributed by atoms with Gasteiger partial charge in [0, 0.05) is 17.5 Å². The molecule has 1 heterocycles. The van der Waals surface area contributed by atoms with Gasteiger partial charge in [-0.05, 0) is 30.4 Å². The molecule has 0 radical (unpaired) electrons. The average molecular weight is 230 g/mol. The van der Waals surface area contributed by atoms with Crippen LogP contribution in [-0.2, 0) is 11.2 Å². The number of aromatic amines is 1. The maximum Gasteiger partial charge on any atom is 0.303 e. The summed E-state index contributed by atoms with van der Waals surface area (Å²) < 4.78 is 0. The van der Waals surface area contributed by atoms with Crippen LogP contribution in [0.25, 0.3) is 10.9 Å². The molecule has 1 aromatic heterocycles. The van der Waals surface area contributed by atoms with Gasteiger partial charge in [0.25, 0.3) is 0 Å². The van der Waals surface area contributed by atoms with Crippen LogP contribution in [0, 0.1) is 0 Å². The number of aromatic nitrogens is 2. The van der Waals surface area contributed by atoms with Crippen LogP contribution in [-0.4, -0.2) is 21.3 Å².